The van der Waals surface area contributed by atoms with E-state index in [0.29, 0.717) is 18.6 Å². The van der Waals surface area contributed by atoms with Crippen LogP contribution in [-0.2, 0) is 18.2 Å². The molecule has 1 aromatic carbocycles. The molecule has 2 saturated heterocycles. The van der Waals surface area contributed by atoms with Crippen LogP contribution in [0.1, 0.15) is 43.2 Å². The number of amides is 2. The number of aryl methyl sites for hydroxylation is 2. The molecule has 2 unspecified atom stereocenters. The maximum Gasteiger partial charge on any atom is 0.317 e. The number of hydrogen-bond donors (Lipinski definition) is 1. The van der Waals surface area contributed by atoms with Gasteiger partial charge in [0.1, 0.15) is 0 Å². The number of carbonyl (C=O) groups excluding carboxylic acids is 1. The lowest BCUT2D eigenvalue weighted by Crippen LogP contribution is -2.48. The maximum atomic E-state index is 12.7. The van der Waals surface area contributed by atoms with Crippen molar-refractivity contribution in [1.82, 2.24) is 14.8 Å². The van der Waals surface area contributed by atoms with E-state index >= 15 is 0 Å². The molecule has 3 heterocycles. The van der Waals surface area contributed by atoms with E-state index in [1.807, 2.05) is 4.90 Å². The number of urea groups is 1. The molecular formula is C23H33N3O2. The summed E-state index contributed by atoms with van der Waals surface area (Å²) in [6.07, 6.45) is 9.26. The molecule has 2 aromatic rings. The van der Waals surface area contributed by atoms with Crippen LogP contribution in [0, 0.1) is 12.8 Å². The van der Waals surface area contributed by atoms with Crippen molar-refractivity contribution in [2.45, 2.75) is 51.6 Å². The molecule has 2 amide bonds. The third-order valence-electron chi connectivity index (χ3n) is 6.38. The number of fused-ring (bicyclic) bond motifs is 1. The molecule has 2 fully saturated rings. The summed E-state index contributed by atoms with van der Waals surface area (Å²) in [5.74, 6) is 0.501. The Morgan fingerprint density at radius 2 is 2.14 bits per heavy atom. The third-order valence-corrected chi connectivity index (χ3v) is 6.38. The van der Waals surface area contributed by atoms with Gasteiger partial charge in [-0.05, 0) is 62.6 Å². The molecule has 4 rings (SSSR count). The molecule has 2 atom stereocenters. The van der Waals surface area contributed by atoms with Crippen LogP contribution < -0.4 is 5.32 Å². The summed E-state index contributed by atoms with van der Waals surface area (Å²) in [6, 6.07) is 6.66. The zero-order chi connectivity index (χ0) is 19.5. The Morgan fingerprint density at radius 1 is 1.25 bits per heavy atom. The molecule has 0 bridgehead atoms. The van der Waals surface area contributed by atoms with Gasteiger partial charge in [0.25, 0.3) is 0 Å². The van der Waals surface area contributed by atoms with Crippen LogP contribution in [0.2, 0.25) is 0 Å². The van der Waals surface area contributed by atoms with Crippen molar-refractivity contribution in [3.05, 3.63) is 35.5 Å². The smallest absolute Gasteiger partial charge is 0.317 e. The molecule has 0 aliphatic carbocycles. The summed E-state index contributed by atoms with van der Waals surface area (Å²) in [5, 5.41) is 4.43. The van der Waals surface area contributed by atoms with E-state index in [0.717, 1.165) is 39.0 Å². The van der Waals surface area contributed by atoms with Gasteiger partial charge >= 0.3 is 6.03 Å². The Balaban J connectivity index is 1.31. The number of nitrogens with one attached hydrogen (secondary N) is 1. The minimum atomic E-state index is 0.0802. The number of likely N-dealkylation sites (tertiary alicyclic amines) is 1. The molecule has 0 spiro atoms. The molecule has 0 saturated carbocycles. The van der Waals surface area contributed by atoms with Gasteiger partial charge in [0.2, 0.25) is 0 Å². The summed E-state index contributed by atoms with van der Waals surface area (Å²) in [6.45, 7) is 5.38. The van der Waals surface area contributed by atoms with Crippen LogP contribution in [0.3, 0.4) is 0 Å². The van der Waals surface area contributed by atoms with Gasteiger partial charge in [-0.15, -0.1) is 0 Å². The van der Waals surface area contributed by atoms with Crippen LogP contribution in [0.5, 0.6) is 0 Å². The van der Waals surface area contributed by atoms with Crippen molar-refractivity contribution in [1.29, 1.82) is 0 Å². The summed E-state index contributed by atoms with van der Waals surface area (Å²) < 4.78 is 8.15. The minimum absolute atomic E-state index is 0.0802. The third kappa shape index (κ3) is 4.19. The topological polar surface area (TPSA) is 46.5 Å². The molecule has 0 radical (unpaired) electrons. The fraction of sp³-hybridized carbons (Fsp3) is 0.609. The van der Waals surface area contributed by atoms with Crippen LogP contribution >= 0.6 is 0 Å². The van der Waals surface area contributed by atoms with E-state index in [-0.39, 0.29) is 6.03 Å². The SMILES string of the molecule is Cc1ccc2c(CCNC(=O)N3CCCC(C4CCCCO4)C3)cn(C)c2c1. The lowest BCUT2D eigenvalue weighted by Gasteiger charge is -2.38. The van der Waals surface area contributed by atoms with E-state index in [1.165, 1.54) is 41.3 Å². The average molecular weight is 384 g/mol. The van der Waals surface area contributed by atoms with E-state index in [2.05, 4.69) is 48.3 Å². The number of ether oxygens (including phenoxy) is 1. The largest absolute Gasteiger partial charge is 0.378 e. The predicted molar refractivity (Wildman–Crippen MR) is 113 cm³/mol. The highest BCUT2D eigenvalue weighted by Crippen LogP contribution is 2.27. The van der Waals surface area contributed by atoms with Crippen LogP contribution in [0.4, 0.5) is 4.79 Å². The molecule has 5 heteroatoms. The predicted octanol–water partition coefficient (Wildman–Crippen LogP) is 4.02. The fourth-order valence-corrected chi connectivity index (χ4v) is 4.83. The average Bonchev–Trinajstić information content (AvgIpc) is 3.03. The second-order valence-electron chi connectivity index (χ2n) is 8.52. The highest BCUT2D eigenvalue weighted by atomic mass is 16.5. The van der Waals surface area contributed by atoms with Gasteiger partial charge in [-0.2, -0.15) is 0 Å². The Hall–Kier alpha value is -2.01. The first-order valence-corrected chi connectivity index (χ1v) is 10.8. The van der Waals surface area contributed by atoms with Crippen LogP contribution in [-0.4, -0.2) is 47.8 Å². The molecule has 2 aliphatic heterocycles. The normalized spacial score (nSPS) is 23.1. The van der Waals surface area contributed by atoms with Gasteiger partial charge in [-0.3, -0.25) is 0 Å². The molecule has 152 valence electrons. The van der Waals surface area contributed by atoms with Gasteiger partial charge in [-0.25, -0.2) is 4.79 Å². The Bertz CT molecular complexity index is 823. The highest BCUT2D eigenvalue weighted by molar-refractivity contribution is 5.84. The maximum absolute atomic E-state index is 12.7. The lowest BCUT2D eigenvalue weighted by molar-refractivity contribution is -0.0365. The Morgan fingerprint density at radius 3 is 2.96 bits per heavy atom. The van der Waals surface area contributed by atoms with Crippen molar-refractivity contribution in [3.63, 3.8) is 0 Å². The van der Waals surface area contributed by atoms with E-state index in [4.69, 9.17) is 4.74 Å². The van der Waals surface area contributed by atoms with Gasteiger partial charge < -0.3 is 19.5 Å². The van der Waals surface area contributed by atoms with Gasteiger partial charge in [0.05, 0.1) is 6.10 Å². The molecule has 2 aliphatic rings. The summed E-state index contributed by atoms with van der Waals surface area (Å²) >= 11 is 0. The molecular weight excluding hydrogens is 350 g/mol. The first kappa shape index (κ1) is 19.3. The van der Waals surface area contributed by atoms with Gasteiger partial charge in [-0.1, -0.05) is 12.1 Å². The van der Waals surface area contributed by atoms with Gasteiger partial charge in [0, 0.05) is 56.3 Å². The number of rotatable bonds is 4. The number of piperidine rings is 1. The van der Waals surface area contributed by atoms with E-state index in [1.54, 1.807) is 0 Å². The molecule has 5 nitrogen and oxygen atoms in total. The zero-order valence-electron chi connectivity index (χ0n) is 17.2. The quantitative estimate of drug-likeness (QED) is 0.867. The van der Waals surface area contributed by atoms with Crippen LogP contribution in [0.25, 0.3) is 10.9 Å². The standard InChI is InChI=1S/C23H33N3O2/c1-17-8-9-20-18(15-25(2)21(20)14-17)10-11-24-23(27)26-12-5-6-19(16-26)22-7-3-4-13-28-22/h8-9,14-15,19,22H,3-7,10-13,16H2,1-2H3,(H,24,27). The van der Waals surface area contributed by atoms with Crippen molar-refractivity contribution in [2.75, 3.05) is 26.2 Å². The second kappa shape index (κ2) is 8.56. The Labute approximate surface area is 168 Å². The summed E-state index contributed by atoms with van der Waals surface area (Å²) in [4.78, 5) is 14.7. The van der Waals surface area contributed by atoms with Crippen molar-refractivity contribution in [3.8, 4) is 0 Å². The number of carbonyl (C=O) groups is 1. The van der Waals surface area contributed by atoms with Crippen molar-refractivity contribution in [2.24, 2.45) is 13.0 Å². The number of nitrogens with zero attached hydrogens (tertiary/aromatic N) is 2. The van der Waals surface area contributed by atoms with Gasteiger partial charge in [0.15, 0.2) is 0 Å². The first-order chi connectivity index (χ1) is 13.6. The number of aromatic nitrogens is 1. The van der Waals surface area contributed by atoms with Crippen molar-refractivity contribution >= 4 is 16.9 Å². The molecule has 28 heavy (non-hydrogen) atoms. The van der Waals surface area contributed by atoms with E-state index < -0.39 is 0 Å². The minimum Gasteiger partial charge on any atom is -0.378 e. The van der Waals surface area contributed by atoms with Crippen LogP contribution in [0.15, 0.2) is 24.4 Å². The number of hydrogen-bond acceptors (Lipinski definition) is 2. The molecule has 1 N–H and O–H groups in total. The highest BCUT2D eigenvalue weighted by Gasteiger charge is 2.30. The first-order valence-electron chi connectivity index (χ1n) is 10.8. The summed E-state index contributed by atoms with van der Waals surface area (Å²) in [7, 11) is 2.09. The van der Waals surface area contributed by atoms with E-state index in [9.17, 15) is 4.79 Å². The Kier molecular flexibility index (Phi) is 5.90. The number of benzene rings is 1. The second-order valence-corrected chi connectivity index (χ2v) is 8.52. The zero-order valence-corrected chi connectivity index (χ0v) is 17.2. The lowest BCUT2D eigenvalue weighted by atomic mass is 9.88. The molecule has 1 aromatic heterocycles. The fourth-order valence-electron chi connectivity index (χ4n) is 4.83. The monoisotopic (exact) mass is 383 g/mol. The van der Waals surface area contributed by atoms with Crippen molar-refractivity contribution < 1.29 is 9.53 Å². The summed E-state index contributed by atoms with van der Waals surface area (Å²) in [5.41, 5.74) is 3.83.